The summed E-state index contributed by atoms with van der Waals surface area (Å²) >= 11 is 5.53. The molecule has 1 aromatic rings. The number of halogens is 1. The van der Waals surface area contributed by atoms with Crippen LogP contribution in [0.4, 0.5) is 0 Å². The lowest BCUT2D eigenvalue weighted by atomic mass is 9.77. The SMILES string of the molecule is C=C(C)[C@H]1CC[C@@H](C)C[C@@H]1OC(=O)c1ccc(C(=O)CCl)cc1. The first kappa shape index (κ1) is 17.7. The zero-order chi connectivity index (χ0) is 17.0. The summed E-state index contributed by atoms with van der Waals surface area (Å²) in [5.74, 6) is 0.207. The minimum Gasteiger partial charge on any atom is -0.458 e. The van der Waals surface area contributed by atoms with Crippen molar-refractivity contribution in [2.45, 2.75) is 39.2 Å². The molecule has 0 amide bonds. The van der Waals surface area contributed by atoms with Gasteiger partial charge in [-0.1, -0.05) is 31.2 Å². The molecule has 23 heavy (non-hydrogen) atoms. The van der Waals surface area contributed by atoms with Gasteiger partial charge in [-0.15, -0.1) is 11.6 Å². The van der Waals surface area contributed by atoms with E-state index < -0.39 is 0 Å². The molecule has 0 radical (unpaired) electrons. The van der Waals surface area contributed by atoms with Gasteiger partial charge in [0.15, 0.2) is 5.78 Å². The minimum atomic E-state index is -0.347. The second-order valence-corrected chi connectivity index (χ2v) is 6.72. The summed E-state index contributed by atoms with van der Waals surface area (Å²) in [4.78, 5) is 23.9. The van der Waals surface area contributed by atoms with Gasteiger partial charge in [0.2, 0.25) is 0 Å². The van der Waals surface area contributed by atoms with E-state index in [-0.39, 0.29) is 29.7 Å². The van der Waals surface area contributed by atoms with Crippen molar-refractivity contribution in [3.8, 4) is 0 Å². The molecule has 4 heteroatoms. The van der Waals surface area contributed by atoms with E-state index in [9.17, 15) is 9.59 Å². The highest BCUT2D eigenvalue weighted by Gasteiger charge is 2.32. The second-order valence-electron chi connectivity index (χ2n) is 6.45. The fourth-order valence-corrected chi connectivity index (χ4v) is 3.25. The second kappa shape index (κ2) is 7.78. The Kier molecular flexibility index (Phi) is 6.00. The van der Waals surface area contributed by atoms with Crippen LogP contribution in [-0.4, -0.2) is 23.7 Å². The number of hydrogen-bond donors (Lipinski definition) is 0. The Hall–Kier alpha value is -1.61. The first-order chi connectivity index (χ1) is 10.9. The molecule has 2 rings (SSSR count). The summed E-state index contributed by atoms with van der Waals surface area (Å²) in [5, 5.41) is 0. The number of Topliss-reactive ketones (excluding diaryl/α,β-unsaturated/α-hetero) is 1. The summed E-state index contributed by atoms with van der Waals surface area (Å²) in [6, 6.07) is 6.45. The van der Waals surface area contributed by atoms with Crippen LogP contribution in [0.5, 0.6) is 0 Å². The largest absolute Gasteiger partial charge is 0.458 e. The van der Waals surface area contributed by atoms with Crippen LogP contribution in [0.2, 0.25) is 0 Å². The number of hydrogen-bond acceptors (Lipinski definition) is 3. The maximum absolute atomic E-state index is 12.4. The summed E-state index contributed by atoms with van der Waals surface area (Å²) in [6.45, 7) is 8.21. The summed E-state index contributed by atoms with van der Waals surface area (Å²) in [7, 11) is 0. The van der Waals surface area contributed by atoms with E-state index >= 15 is 0 Å². The average Bonchev–Trinajstić information content (AvgIpc) is 2.54. The van der Waals surface area contributed by atoms with Crippen LogP contribution in [0.1, 0.15) is 53.8 Å². The van der Waals surface area contributed by atoms with Crippen molar-refractivity contribution in [2.75, 3.05) is 5.88 Å². The van der Waals surface area contributed by atoms with Crippen LogP contribution >= 0.6 is 11.6 Å². The molecule has 0 saturated heterocycles. The van der Waals surface area contributed by atoms with Gasteiger partial charge >= 0.3 is 5.97 Å². The fraction of sp³-hybridized carbons (Fsp3) is 0.474. The fourth-order valence-electron chi connectivity index (χ4n) is 3.10. The normalized spacial score (nSPS) is 24.0. The van der Waals surface area contributed by atoms with Crippen molar-refractivity contribution in [2.24, 2.45) is 11.8 Å². The Morgan fingerprint density at radius 1 is 1.22 bits per heavy atom. The van der Waals surface area contributed by atoms with Gasteiger partial charge in [-0.2, -0.15) is 0 Å². The molecule has 0 unspecified atom stereocenters. The van der Waals surface area contributed by atoms with Gasteiger partial charge in [0.1, 0.15) is 6.10 Å². The van der Waals surface area contributed by atoms with E-state index in [0.29, 0.717) is 17.0 Å². The molecule has 1 fully saturated rings. The molecule has 1 aromatic carbocycles. The van der Waals surface area contributed by atoms with Gasteiger partial charge < -0.3 is 4.74 Å². The predicted octanol–water partition coefficient (Wildman–Crippen LogP) is 4.65. The van der Waals surface area contributed by atoms with Crippen LogP contribution in [-0.2, 0) is 4.74 Å². The van der Waals surface area contributed by atoms with Gasteiger partial charge in [0, 0.05) is 11.5 Å². The van der Waals surface area contributed by atoms with Crippen LogP contribution in [0, 0.1) is 11.8 Å². The zero-order valence-electron chi connectivity index (χ0n) is 13.7. The number of carbonyl (C=O) groups is 2. The Labute approximate surface area is 142 Å². The molecular weight excluding hydrogens is 312 g/mol. The Morgan fingerprint density at radius 2 is 1.83 bits per heavy atom. The molecule has 1 aliphatic rings. The average molecular weight is 335 g/mol. The van der Waals surface area contributed by atoms with Crippen molar-refractivity contribution in [3.05, 3.63) is 47.5 Å². The van der Waals surface area contributed by atoms with Crippen molar-refractivity contribution in [1.82, 2.24) is 0 Å². The number of ketones is 1. The Balaban J connectivity index is 2.07. The third-order valence-electron chi connectivity index (χ3n) is 4.51. The van der Waals surface area contributed by atoms with E-state index in [2.05, 4.69) is 13.5 Å². The van der Waals surface area contributed by atoms with Crippen LogP contribution < -0.4 is 0 Å². The van der Waals surface area contributed by atoms with E-state index in [1.165, 1.54) is 0 Å². The lowest BCUT2D eigenvalue weighted by molar-refractivity contribution is 0.000440. The van der Waals surface area contributed by atoms with Crippen molar-refractivity contribution in [1.29, 1.82) is 0 Å². The van der Waals surface area contributed by atoms with E-state index in [1.807, 2.05) is 6.92 Å². The molecule has 0 spiro atoms. The molecule has 1 aliphatic carbocycles. The maximum Gasteiger partial charge on any atom is 0.338 e. The van der Waals surface area contributed by atoms with Crippen LogP contribution in [0.15, 0.2) is 36.4 Å². The highest BCUT2D eigenvalue weighted by molar-refractivity contribution is 6.30. The number of ether oxygens (including phenoxy) is 1. The monoisotopic (exact) mass is 334 g/mol. The number of rotatable bonds is 5. The molecule has 3 atom stereocenters. The maximum atomic E-state index is 12.4. The number of alkyl halides is 1. The molecular formula is C19H23ClO3. The quantitative estimate of drug-likeness (QED) is 0.341. The molecule has 1 saturated carbocycles. The number of carbonyl (C=O) groups excluding carboxylic acids is 2. The van der Waals surface area contributed by atoms with Gasteiger partial charge in [0.05, 0.1) is 11.4 Å². The highest BCUT2D eigenvalue weighted by Crippen LogP contribution is 2.35. The summed E-state index contributed by atoms with van der Waals surface area (Å²) < 4.78 is 5.74. The summed E-state index contributed by atoms with van der Waals surface area (Å²) in [5.41, 5.74) is 2.02. The smallest absolute Gasteiger partial charge is 0.338 e. The van der Waals surface area contributed by atoms with E-state index in [0.717, 1.165) is 24.8 Å². The standard InChI is InChI=1S/C19H23ClO3/c1-12(2)16-9-4-13(3)10-18(16)23-19(22)15-7-5-14(6-8-15)17(21)11-20/h5-8,13,16,18H,1,4,9-11H2,2-3H3/t13-,16-,18+/m1/s1. The highest BCUT2D eigenvalue weighted by atomic mass is 35.5. The third-order valence-corrected chi connectivity index (χ3v) is 4.75. The zero-order valence-corrected chi connectivity index (χ0v) is 14.4. The van der Waals surface area contributed by atoms with E-state index in [4.69, 9.17) is 16.3 Å². The van der Waals surface area contributed by atoms with Crippen LogP contribution in [0.25, 0.3) is 0 Å². The first-order valence-electron chi connectivity index (χ1n) is 7.98. The van der Waals surface area contributed by atoms with Gasteiger partial charge in [0.25, 0.3) is 0 Å². The first-order valence-corrected chi connectivity index (χ1v) is 8.51. The molecule has 0 heterocycles. The number of esters is 1. The van der Waals surface area contributed by atoms with Gasteiger partial charge in [-0.3, -0.25) is 4.79 Å². The number of benzene rings is 1. The molecule has 124 valence electrons. The van der Waals surface area contributed by atoms with Crippen molar-refractivity contribution >= 4 is 23.4 Å². The van der Waals surface area contributed by atoms with Crippen LogP contribution in [0.3, 0.4) is 0 Å². The molecule has 0 N–H and O–H groups in total. The van der Waals surface area contributed by atoms with Gasteiger partial charge in [-0.05, 0) is 44.2 Å². The predicted molar refractivity (Wildman–Crippen MR) is 92.0 cm³/mol. The van der Waals surface area contributed by atoms with Gasteiger partial charge in [-0.25, -0.2) is 4.79 Å². The molecule has 0 bridgehead atoms. The Bertz CT molecular complexity index is 591. The third kappa shape index (κ3) is 4.44. The Morgan fingerprint density at radius 3 is 2.39 bits per heavy atom. The topological polar surface area (TPSA) is 43.4 Å². The summed E-state index contributed by atoms with van der Waals surface area (Å²) in [6.07, 6.45) is 2.90. The molecule has 0 aliphatic heterocycles. The molecule has 3 nitrogen and oxygen atoms in total. The van der Waals surface area contributed by atoms with Crippen molar-refractivity contribution < 1.29 is 14.3 Å². The molecule has 0 aromatic heterocycles. The lowest BCUT2D eigenvalue weighted by Crippen LogP contribution is -2.33. The van der Waals surface area contributed by atoms with Crippen molar-refractivity contribution in [3.63, 3.8) is 0 Å². The minimum absolute atomic E-state index is 0.0654. The van der Waals surface area contributed by atoms with E-state index in [1.54, 1.807) is 24.3 Å². The lowest BCUT2D eigenvalue weighted by Gasteiger charge is -2.34.